The van der Waals surface area contributed by atoms with Crippen LogP contribution in [0.3, 0.4) is 0 Å². The predicted molar refractivity (Wildman–Crippen MR) is 78.6 cm³/mol. The highest BCUT2D eigenvalue weighted by Crippen LogP contribution is 2.29. The van der Waals surface area contributed by atoms with E-state index in [9.17, 15) is 19.5 Å². The van der Waals surface area contributed by atoms with Crippen LogP contribution in [0.4, 0.5) is 0 Å². The maximum atomic E-state index is 12.4. The van der Waals surface area contributed by atoms with Gasteiger partial charge in [0, 0.05) is 12.1 Å². The lowest BCUT2D eigenvalue weighted by Crippen LogP contribution is -2.42. The van der Waals surface area contributed by atoms with Gasteiger partial charge < -0.3 is 15.1 Å². The first kappa shape index (κ1) is 16.0. The Balaban J connectivity index is 2.30. The highest BCUT2D eigenvalue weighted by atomic mass is 16.4. The first-order valence-corrected chi connectivity index (χ1v) is 7.32. The summed E-state index contributed by atoms with van der Waals surface area (Å²) in [5.41, 5.74) is 2.36. The minimum atomic E-state index is -1.34. The number of nitrogens with zero attached hydrogens (tertiary/aromatic N) is 1. The van der Waals surface area contributed by atoms with E-state index < -0.39 is 30.3 Å². The van der Waals surface area contributed by atoms with Gasteiger partial charge in [-0.15, -0.1) is 0 Å². The van der Waals surface area contributed by atoms with Crippen LogP contribution in [-0.4, -0.2) is 39.0 Å². The molecule has 2 N–H and O–H groups in total. The lowest BCUT2D eigenvalue weighted by Gasteiger charge is -2.22. The average molecular weight is 305 g/mol. The van der Waals surface area contributed by atoms with Crippen molar-refractivity contribution in [3.05, 3.63) is 34.9 Å². The molecular formula is C16H19NO5. The maximum Gasteiger partial charge on any atom is 0.327 e. The van der Waals surface area contributed by atoms with E-state index >= 15 is 0 Å². The van der Waals surface area contributed by atoms with E-state index in [1.807, 2.05) is 6.07 Å². The number of rotatable bonds is 7. The van der Waals surface area contributed by atoms with E-state index in [0.29, 0.717) is 5.56 Å². The number of benzene rings is 1. The van der Waals surface area contributed by atoms with Crippen LogP contribution in [-0.2, 0) is 22.6 Å². The molecule has 0 saturated heterocycles. The minimum absolute atomic E-state index is 0.165. The second-order valence-corrected chi connectivity index (χ2v) is 5.43. The number of carbonyl (C=O) groups excluding carboxylic acids is 1. The Labute approximate surface area is 128 Å². The Hall–Kier alpha value is -2.37. The van der Waals surface area contributed by atoms with Gasteiger partial charge in [0.05, 0.1) is 6.42 Å². The molecule has 1 aromatic rings. The molecule has 0 spiro atoms. The van der Waals surface area contributed by atoms with Crippen molar-refractivity contribution in [2.24, 2.45) is 0 Å². The SMILES string of the molecule is CCCCc1cccc2c1CN(C(CC(=O)O)C(=O)O)C2=O. The van der Waals surface area contributed by atoms with Gasteiger partial charge in [0.2, 0.25) is 0 Å². The third-order valence-corrected chi connectivity index (χ3v) is 3.92. The van der Waals surface area contributed by atoms with Crippen LogP contribution in [0, 0.1) is 0 Å². The van der Waals surface area contributed by atoms with E-state index in [1.165, 1.54) is 0 Å². The van der Waals surface area contributed by atoms with Crippen molar-refractivity contribution >= 4 is 17.8 Å². The molecule has 1 amide bonds. The Morgan fingerprint density at radius 1 is 1.32 bits per heavy atom. The zero-order valence-electron chi connectivity index (χ0n) is 12.4. The quantitative estimate of drug-likeness (QED) is 0.802. The molecule has 6 heteroatoms. The smallest absolute Gasteiger partial charge is 0.327 e. The predicted octanol–water partition coefficient (Wildman–Crippen LogP) is 1.91. The average Bonchev–Trinajstić information content (AvgIpc) is 2.80. The van der Waals surface area contributed by atoms with E-state index in [4.69, 9.17) is 5.11 Å². The van der Waals surface area contributed by atoms with Gasteiger partial charge in [0.1, 0.15) is 6.04 Å². The molecule has 1 unspecified atom stereocenters. The fourth-order valence-electron chi connectivity index (χ4n) is 2.77. The van der Waals surface area contributed by atoms with Crippen molar-refractivity contribution in [3.63, 3.8) is 0 Å². The van der Waals surface area contributed by atoms with Gasteiger partial charge in [0.25, 0.3) is 5.91 Å². The molecule has 1 aromatic carbocycles. The lowest BCUT2D eigenvalue weighted by molar-refractivity contribution is -0.148. The Kier molecular flexibility index (Phi) is 4.80. The molecule has 1 aliphatic heterocycles. The number of fused-ring (bicyclic) bond motifs is 1. The molecule has 2 rings (SSSR count). The summed E-state index contributed by atoms with van der Waals surface area (Å²) in [4.78, 5) is 35.7. The Morgan fingerprint density at radius 2 is 2.05 bits per heavy atom. The molecule has 118 valence electrons. The van der Waals surface area contributed by atoms with Gasteiger partial charge in [-0.05, 0) is 30.0 Å². The monoisotopic (exact) mass is 305 g/mol. The minimum Gasteiger partial charge on any atom is -0.481 e. The number of aryl methyl sites for hydroxylation is 1. The molecule has 6 nitrogen and oxygen atoms in total. The fourth-order valence-corrected chi connectivity index (χ4v) is 2.77. The normalized spacial score (nSPS) is 14.8. The number of aliphatic carboxylic acids is 2. The summed E-state index contributed by atoms with van der Waals surface area (Å²) in [6.45, 7) is 2.24. The number of carbonyl (C=O) groups is 3. The van der Waals surface area contributed by atoms with Crippen LogP contribution in [0.15, 0.2) is 18.2 Å². The summed E-state index contributed by atoms with van der Waals surface area (Å²) < 4.78 is 0. The largest absolute Gasteiger partial charge is 0.481 e. The summed E-state index contributed by atoms with van der Waals surface area (Å²) in [5, 5.41) is 18.1. The number of hydrogen-bond acceptors (Lipinski definition) is 3. The summed E-state index contributed by atoms with van der Waals surface area (Å²) in [7, 11) is 0. The number of amides is 1. The van der Waals surface area contributed by atoms with Gasteiger partial charge in [-0.3, -0.25) is 9.59 Å². The van der Waals surface area contributed by atoms with Gasteiger partial charge in [-0.1, -0.05) is 25.5 Å². The molecular weight excluding hydrogens is 286 g/mol. The third kappa shape index (κ3) is 3.10. The van der Waals surface area contributed by atoms with E-state index in [2.05, 4.69) is 6.92 Å². The lowest BCUT2D eigenvalue weighted by atomic mass is 9.99. The Morgan fingerprint density at radius 3 is 2.64 bits per heavy atom. The third-order valence-electron chi connectivity index (χ3n) is 3.92. The summed E-state index contributed by atoms with van der Waals surface area (Å²) >= 11 is 0. The molecule has 0 fully saturated rings. The van der Waals surface area contributed by atoms with Gasteiger partial charge in [0.15, 0.2) is 0 Å². The summed E-state index contributed by atoms with van der Waals surface area (Å²) in [6, 6.07) is 4.07. The fraction of sp³-hybridized carbons (Fsp3) is 0.438. The zero-order valence-corrected chi connectivity index (χ0v) is 12.4. The van der Waals surface area contributed by atoms with Crippen LogP contribution in [0.1, 0.15) is 47.7 Å². The van der Waals surface area contributed by atoms with E-state index in [1.54, 1.807) is 12.1 Å². The number of hydrogen-bond donors (Lipinski definition) is 2. The number of carboxylic acid groups (broad SMARTS) is 2. The standard InChI is InChI=1S/C16H19NO5/c1-2-3-5-10-6-4-7-11-12(10)9-17(15(11)20)13(16(21)22)8-14(18)19/h4,6-7,13H,2-3,5,8-9H2,1H3,(H,18,19)(H,21,22). The number of carboxylic acids is 2. The second kappa shape index (κ2) is 6.60. The molecule has 1 aliphatic rings. The number of unbranched alkanes of at least 4 members (excludes halogenated alkanes) is 1. The molecule has 0 aliphatic carbocycles. The summed E-state index contributed by atoms with van der Waals surface area (Å²) in [6.07, 6.45) is 2.25. The van der Waals surface area contributed by atoms with Crippen LogP contribution in [0.25, 0.3) is 0 Å². The van der Waals surface area contributed by atoms with Crippen LogP contribution < -0.4 is 0 Å². The molecule has 0 saturated carbocycles. The van der Waals surface area contributed by atoms with Crippen molar-refractivity contribution in [2.45, 2.75) is 45.2 Å². The van der Waals surface area contributed by atoms with Crippen LogP contribution in [0.2, 0.25) is 0 Å². The van der Waals surface area contributed by atoms with Crippen molar-refractivity contribution in [3.8, 4) is 0 Å². The zero-order chi connectivity index (χ0) is 16.3. The first-order valence-electron chi connectivity index (χ1n) is 7.32. The maximum absolute atomic E-state index is 12.4. The first-order chi connectivity index (χ1) is 10.5. The molecule has 22 heavy (non-hydrogen) atoms. The molecule has 1 atom stereocenters. The summed E-state index contributed by atoms with van der Waals surface area (Å²) in [5.74, 6) is -2.93. The van der Waals surface area contributed by atoms with Gasteiger partial charge in [-0.2, -0.15) is 0 Å². The molecule has 1 heterocycles. The van der Waals surface area contributed by atoms with Crippen LogP contribution in [0.5, 0.6) is 0 Å². The second-order valence-electron chi connectivity index (χ2n) is 5.43. The van der Waals surface area contributed by atoms with Crippen molar-refractivity contribution in [1.82, 2.24) is 4.90 Å². The van der Waals surface area contributed by atoms with E-state index in [0.717, 1.165) is 35.3 Å². The van der Waals surface area contributed by atoms with Gasteiger partial charge in [-0.25, -0.2) is 4.79 Å². The van der Waals surface area contributed by atoms with Crippen molar-refractivity contribution in [2.75, 3.05) is 0 Å². The Bertz CT molecular complexity index is 611. The molecule has 0 bridgehead atoms. The van der Waals surface area contributed by atoms with Gasteiger partial charge >= 0.3 is 11.9 Å². The molecule has 0 radical (unpaired) electrons. The highest BCUT2D eigenvalue weighted by Gasteiger charge is 2.38. The highest BCUT2D eigenvalue weighted by molar-refractivity contribution is 6.01. The van der Waals surface area contributed by atoms with E-state index in [-0.39, 0.29) is 6.54 Å². The topological polar surface area (TPSA) is 94.9 Å². The molecule has 0 aromatic heterocycles. The van der Waals surface area contributed by atoms with Crippen molar-refractivity contribution < 1.29 is 24.6 Å². The van der Waals surface area contributed by atoms with Crippen molar-refractivity contribution in [1.29, 1.82) is 0 Å². The van der Waals surface area contributed by atoms with Crippen LogP contribution >= 0.6 is 0 Å².